The Morgan fingerprint density at radius 2 is 1.91 bits per heavy atom. The van der Waals surface area contributed by atoms with Crippen molar-refractivity contribution in [3.63, 3.8) is 0 Å². The van der Waals surface area contributed by atoms with E-state index < -0.39 is 9.84 Å². The van der Waals surface area contributed by atoms with Gasteiger partial charge in [0, 0.05) is 32.0 Å². The molecule has 1 aromatic carbocycles. The molecule has 33 heavy (non-hydrogen) atoms. The fraction of sp³-hybridized carbons (Fsp3) is 0.273. The van der Waals surface area contributed by atoms with Gasteiger partial charge in [0.05, 0.1) is 21.6 Å². The third-order valence-corrected chi connectivity index (χ3v) is 7.56. The Bertz CT molecular complexity index is 1380. The number of alkyl halides is 1. The minimum Gasteiger partial charge on any atom is -0.472 e. The number of rotatable bonds is 5. The molecule has 2 atom stereocenters. The van der Waals surface area contributed by atoms with E-state index in [4.69, 9.17) is 4.74 Å². The van der Waals surface area contributed by atoms with Crippen molar-refractivity contribution in [1.82, 2.24) is 24.7 Å². The first kappa shape index (κ1) is 21.8. The Kier molecular flexibility index (Phi) is 5.75. The van der Waals surface area contributed by atoms with Gasteiger partial charge >= 0.3 is 0 Å². The predicted molar refractivity (Wildman–Crippen MR) is 128 cm³/mol. The number of piperidine rings is 1. The zero-order valence-electron chi connectivity index (χ0n) is 17.7. The average Bonchev–Trinajstić information content (AvgIpc) is 3.26. The van der Waals surface area contributed by atoms with Crippen LogP contribution in [0.2, 0.25) is 0 Å². The van der Waals surface area contributed by atoms with Gasteiger partial charge < -0.3 is 9.64 Å². The van der Waals surface area contributed by atoms with Gasteiger partial charge in [-0.15, -0.1) is 0 Å². The number of anilines is 1. The summed E-state index contributed by atoms with van der Waals surface area (Å²) < 4.78 is 31.4. The van der Waals surface area contributed by atoms with Crippen LogP contribution in [-0.4, -0.2) is 63.4 Å². The number of aromatic nitrogens is 5. The van der Waals surface area contributed by atoms with E-state index in [1.807, 2.05) is 18.2 Å². The summed E-state index contributed by atoms with van der Waals surface area (Å²) in [4.78, 5) is 15.7. The summed E-state index contributed by atoms with van der Waals surface area (Å²) >= 11 is 3.77. The molecule has 0 N–H and O–H groups in total. The lowest BCUT2D eigenvalue weighted by molar-refractivity contribution is 0.174. The van der Waals surface area contributed by atoms with Gasteiger partial charge in [0.1, 0.15) is 23.6 Å². The summed E-state index contributed by atoms with van der Waals surface area (Å²) in [6, 6.07) is 12.4. The van der Waals surface area contributed by atoms with Crippen molar-refractivity contribution in [2.45, 2.75) is 22.2 Å². The highest BCUT2D eigenvalue weighted by molar-refractivity contribution is 9.09. The first-order valence-electron chi connectivity index (χ1n) is 10.4. The predicted octanol–water partition coefficient (Wildman–Crippen LogP) is 3.04. The minimum absolute atomic E-state index is 0.0690. The molecular formula is C22H21BrN6O3S. The van der Waals surface area contributed by atoms with Crippen LogP contribution in [0.25, 0.3) is 16.7 Å². The molecule has 0 amide bonds. The van der Waals surface area contributed by atoms with Gasteiger partial charge in [0.15, 0.2) is 15.5 Å². The molecule has 0 bridgehead atoms. The van der Waals surface area contributed by atoms with Crippen LogP contribution in [0.4, 0.5) is 5.82 Å². The Morgan fingerprint density at radius 3 is 2.61 bits per heavy atom. The second-order valence-corrected chi connectivity index (χ2v) is 11.0. The van der Waals surface area contributed by atoms with Crippen LogP contribution in [0.3, 0.4) is 0 Å². The number of ether oxygens (including phenoxy) is 1. The Hall–Kier alpha value is -3.05. The minimum atomic E-state index is -3.27. The fourth-order valence-electron chi connectivity index (χ4n) is 3.85. The lowest BCUT2D eigenvalue weighted by atomic mass is 10.1. The van der Waals surface area contributed by atoms with Crippen LogP contribution in [-0.2, 0) is 9.84 Å². The van der Waals surface area contributed by atoms with E-state index in [1.54, 1.807) is 41.3 Å². The molecule has 0 radical (unpaired) electrons. The molecule has 9 nitrogen and oxygen atoms in total. The maximum Gasteiger partial charge on any atom is 0.228 e. The number of halogens is 1. The van der Waals surface area contributed by atoms with Crippen LogP contribution in [0.15, 0.2) is 66.1 Å². The van der Waals surface area contributed by atoms with Crippen molar-refractivity contribution in [3.05, 3.63) is 61.2 Å². The van der Waals surface area contributed by atoms with E-state index >= 15 is 0 Å². The summed E-state index contributed by atoms with van der Waals surface area (Å²) in [6.45, 7) is 1.59. The lowest BCUT2D eigenvalue weighted by Crippen LogP contribution is -2.46. The van der Waals surface area contributed by atoms with E-state index in [-0.39, 0.29) is 15.8 Å². The highest BCUT2D eigenvalue weighted by Crippen LogP contribution is 2.29. The molecule has 3 aromatic heterocycles. The molecule has 1 saturated heterocycles. The Labute approximate surface area is 199 Å². The molecule has 170 valence electrons. The van der Waals surface area contributed by atoms with Crippen molar-refractivity contribution in [3.8, 4) is 11.6 Å². The summed E-state index contributed by atoms with van der Waals surface area (Å²) in [5.74, 6) is 1.42. The van der Waals surface area contributed by atoms with E-state index in [2.05, 4.69) is 40.9 Å². The normalized spacial score (nSPS) is 19.0. The first-order valence-corrected chi connectivity index (χ1v) is 13.2. The second-order valence-electron chi connectivity index (χ2n) is 7.83. The topological polar surface area (TPSA) is 103 Å². The van der Waals surface area contributed by atoms with Crippen molar-refractivity contribution < 1.29 is 13.2 Å². The molecule has 5 rings (SSSR count). The lowest BCUT2D eigenvalue weighted by Gasteiger charge is -2.36. The van der Waals surface area contributed by atoms with Crippen LogP contribution in [0.1, 0.15) is 6.42 Å². The molecule has 0 spiro atoms. The van der Waals surface area contributed by atoms with Crippen LogP contribution >= 0.6 is 15.9 Å². The maximum atomic E-state index is 11.7. The number of fused-ring (bicyclic) bond motifs is 1. The Balaban J connectivity index is 1.37. The summed E-state index contributed by atoms with van der Waals surface area (Å²) in [5, 5.41) is 5.13. The zero-order valence-corrected chi connectivity index (χ0v) is 20.1. The standard InChI is InChI=1S/C22H21BrN6O3S/c1-33(30,31)16-7-5-15(6-8-16)29-21-17(12-27-29)22(26-14-25-21)32-19-9-11-28(13-18(19)23)20-4-2-3-10-24-20/h2-8,10,12,14,18-19H,9,11,13H2,1H3. The number of hydrogen-bond donors (Lipinski definition) is 0. The molecule has 11 heteroatoms. The molecule has 0 saturated carbocycles. The molecule has 2 unspecified atom stereocenters. The monoisotopic (exact) mass is 528 g/mol. The van der Waals surface area contributed by atoms with Crippen molar-refractivity contribution in [2.75, 3.05) is 24.2 Å². The second kappa shape index (κ2) is 8.71. The van der Waals surface area contributed by atoms with Gasteiger partial charge in [0.2, 0.25) is 5.88 Å². The zero-order chi connectivity index (χ0) is 23.0. The smallest absolute Gasteiger partial charge is 0.228 e. The molecular weight excluding hydrogens is 508 g/mol. The number of pyridine rings is 1. The van der Waals surface area contributed by atoms with E-state index in [9.17, 15) is 8.42 Å². The van der Waals surface area contributed by atoms with Gasteiger partial charge in [-0.05, 0) is 36.4 Å². The molecule has 1 fully saturated rings. The molecule has 1 aliphatic rings. The highest BCUT2D eigenvalue weighted by Gasteiger charge is 2.30. The van der Waals surface area contributed by atoms with Gasteiger partial charge in [-0.25, -0.2) is 28.1 Å². The van der Waals surface area contributed by atoms with Crippen molar-refractivity contribution >= 4 is 42.6 Å². The fourth-order valence-corrected chi connectivity index (χ4v) is 5.20. The number of nitrogens with zero attached hydrogens (tertiary/aromatic N) is 6. The molecule has 4 heterocycles. The van der Waals surface area contributed by atoms with Crippen LogP contribution < -0.4 is 9.64 Å². The Morgan fingerprint density at radius 1 is 1.09 bits per heavy atom. The van der Waals surface area contributed by atoms with Crippen molar-refractivity contribution in [2.24, 2.45) is 0 Å². The highest BCUT2D eigenvalue weighted by atomic mass is 79.9. The summed E-state index contributed by atoms with van der Waals surface area (Å²) in [6.07, 6.45) is 6.83. The summed E-state index contributed by atoms with van der Waals surface area (Å²) in [7, 11) is -3.27. The maximum absolute atomic E-state index is 11.7. The molecule has 1 aliphatic heterocycles. The van der Waals surface area contributed by atoms with Crippen LogP contribution in [0.5, 0.6) is 5.88 Å². The van der Waals surface area contributed by atoms with Gasteiger partial charge in [-0.3, -0.25) is 0 Å². The SMILES string of the molecule is CS(=O)(=O)c1ccc(-n2ncc3c(OC4CCN(c5ccccn5)CC4Br)ncnc32)cc1. The summed E-state index contributed by atoms with van der Waals surface area (Å²) in [5.41, 5.74) is 1.29. The van der Waals surface area contributed by atoms with Crippen molar-refractivity contribution in [1.29, 1.82) is 0 Å². The van der Waals surface area contributed by atoms with E-state index in [0.717, 1.165) is 25.3 Å². The van der Waals surface area contributed by atoms with Crippen LogP contribution in [0, 0.1) is 0 Å². The average molecular weight is 529 g/mol. The van der Waals surface area contributed by atoms with E-state index in [0.29, 0.717) is 22.6 Å². The quantitative estimate of drug-likeness (QED) is 0.364. The third kappa shape index (κ3) is 4.42. The van der Waals surface area contributed by atoms with E-state index in [1.165, 1.54) is 12.6 Å². The van der Waals surface area contributed by atoms with Gasteiger partial charge in [-0.2, -0.15) is 5.10 Å². The first-order chi connectivity index (χ1) is 15.9. The number of sulfone groups is 1. The largest absolute Gasteiger partial charge is 0.472 e. The third-order valence-electron chi connectivity index (χ3n) is 5.56. The number of hydrogen-bond acceptors (Lipinski definition) is 8. The number of benzene rings is 1. The molecule has 0 aliphatic carbocycles. The molecule has 4 aromatic rings. The van der Waals surface area contributed by atoms with Gasteiger partial charge in [0.25, 0.3) is 0 Å². The van der Waals surface area contributed by atoms with Gasteiger partial charge in [-0.1, -0.05) is 22.0 Å².